The van der Waals surface area contributed by atoms with Gasteiger partial charge in [-0.15, -0.1) is 5.10 Å². The lowest BCUT2D eigenvalue weighted by Crippen LogP contribution is -2.05. The van der Waals surface area contributed by atoms with Crippen molar-refractivity contribution in [2.75, 3.05) is 0 Å². The zero-order valence-corrected chi connectivity index (χ0v) is 54.6. The van der Waals surface area contributed by atoms with Crippen molar-refractivity contribution in [1.29, 1.82) is 0 Å². The smallest absolute Gasteiger partial charge is 0.200 e. The molecule has 2 aliphatic heterocycles. The number of aromatic amines is 6. The fraction of sp³-hybridized carbons (Fsp3) is 0.0256. The number of nitrogens with zero attached hydrogens (tertiary/aromatic N) is 5. The molecule has 32 heteroatoms. The molecule has 110 heavy (non-hydrogen) atoms. The first-order valence-electron chi connectivity index (χ1n) is 32.3. The van der Waals surface area contributed by atoms with Crippen molar-refractivity contribution in [2.45, 2.75) is 13.2 Å². The van der Waals surface area contributed by atoms with Crippen LogP contribution in [0.5, 0.6) is 5.75 Å². The second-order valence-corrected chi connectivity index (χ2v) is 25.1. The number of aromatic nitrogens is 11. The molecular formula is C78H35F20N11O. The van der Waals surface area contributed by atoms with Gasteiger partial charge < -0.3 is 34.6 Å². The number of ether oxygens (including phenoxy) is 1. The molecule has 16 bridgehead atoms. The van der Waals surface area contributed by atoms with Crippen LogP contribution in [-0.2, 0) is 13.2 Å². The van der Waals surface area contributed by atoms with Crippen molar-refractivity contribution in [2.24, 2.45) is 0 Å². The number of benzene rings is 6. The molecule has 0 amide bonds. The highest BCUT2D eigenvalue weighted by atomic mass is 19.2. The zero-order chi connectivity index (χ0) is 76.9. The number of halogens is 20. The summed E-state index contributed by atoms with van der Waals surface area (Å²) in [5, 5.41) is 8.48. The van der Waals surface area contributed by atoms with E-state index in [-0.39, 0.29) is 136 Å². The Kier molecular flexibility index (Phi) is 16.4. The maximum Gasteiger partial charge on any atom is 0.200 e. The Hall–Kier alpha value is -13.7. The van der Waals surface area contributed by atoms with Crippen LogP contribution < -0.4 is 4.74 Å². The van der Waals surface area contributed by atoms with Gasteiger partial charge in [0.1, 0.15) is 18.1 Å². The summed E-state index contributed by atoms with van der Waals surface area (Å²) in [4.78, 5) is 26.7. The van der Waals surface area contributed by atoms with Crippen LogP contribution in [0.2, 0.25) is 0 Å². The van der Waals surface area contributed by atoms with Crippen LogP contribution in [0.4, 0.5) is 87.8 Å². The number of hydrogen-bond donors (Lipinski definition) is 6. The van der Waals surface area contributed by atoms with Crippen molar-refractivity contribution in [3.05, 3.63) is 278 Å². The molecule has 0 fully saturated rings. The molecule has 17 rings (SSSR count). The van der Waals surface area contributed by atoms with Crippen molar-refractivity contribution >= 4 is 90.5 Å². The van der Waals surface area contributed by atoms with Gasteiger partial charge in [-0.3, -0.25) is 0 Å². The van der Waals surface area contributed by atoms with Gasteiger partial charge in [0.25, 0.3) is 0 Å². The summed E-state index contributed by atoms with van der Waals surface area (Å²) < 4.78 is 315. The summed E-state index contributed by atoms with van der Waals surface area (Å²) in [6.07, 6.45) is 6.58. The molecule has 0 radical (unpaired) electrons. The van der Waals surface area contributed by atoms with E-state index < -0.39 is 161 Å². The summed E-state index contributed by atoms with van der Waals surface area (Å²) in [5.74, 6) is -45.5. The Morgan fingerprint density at radius 1 is 0.273 bits per heavy atom. The summed E-state index contributed by atoms with van der Waals surface area (Å²) in [6, 6.07) is 27.7. The third-order valence-electron chi connectivity index (χ3n) is 18.7. The second kappa shape index (κ2) is 26.1. The molecule has 0 saturated carbocycles. The standard InChI is InChI=1S/C78H35F20N11O/c79-59-55(60(80)68(88)75(95)67(59)87)51-41-12-8-33(99-41)34-9-13-42(100-34)52(56-61(81)69(89)76(96)70(90)62(56)82)46-21-17-38(104-46)49(37-16-20-45(51)103-37)29-4-6-32(7-5-29)110-27-31-26-109(108-107-31)25-28-2-1-3-30(24-28)50-39-18-22-47(105-39)53(57-63(83)71(91)77(97)72(92)64(57)84)43-14-10-35(101-43)36-11-15-44(102-36)54(48-23-19-40(50)106-48)58-65(85)73(93)78(98)74(94)66(58)86/h1-24,26,99-103,105H,25,27H2. The van der Waals surface area contributed by atoms with E-state index in [1.165, 1.54) is 132 Å². The van der Waals surface area contributed by atoms with Crippen molar-refractivity contribution in [3.63, 3.8) is 0 Å². The Balaban J connectivity index is 0.745. The highest BCUT2D eigenvalue weighted by Crippen LogP contribution is 2.45. The third kappa shape index (κ3) is 11.1. The number of rotatable bonds is 11. The SMILES string of the molecule is Fc1c(F)c(F)c(-c2c3nc(c(-c4ccc(OCc5cn(Cc6cccc(-c7c8nc(c(-c9c(F)c(F)c(F)c(F)c9F)c9ccc([nH]9)c9ccc([nH]9)c(-c9c(F)c(F)c(F)c(F)c9F)c9ccc7[nH]9)C=C8)c6)nn5)cc4)c4ccc([nH]4)c(-c4c(F)c(F)c(F)c(F)c4F)c4ccc([nH]4)c4ccc2[nH]4)C=C3)c(F)c1F. The minimum absolute atomic E-state index is 0.0215. The Morgan fingerprint density at radius 3 is 0.909 bits per heavy atom. The van der Waals surface area contributed by atoms with Gasteiger partial charge >= 0.3 is 0 Å². The van der Waals surface area contributed by atoms with Crippen LogP contribution in [-0.4, -0.2) is 54.9 Å². The van der Waals surface area contributed by atoms with E-state index in [1.807, 2.05) is 0 Å². The van der Waals surface area contributed by atoms with Crippen LogP contribution in [0.3, 0.4) is 0 Å². The van der Waals surface area contributed by atoms with Gasteiger partial charge in [0.2, 0.25) is 23.3 Å². The van der Waals surface area contributed by atoms with Gasteiger partial charge in [-0.25, -0.2) is 102 Å². The van der Waals surface area contributed by atoms with Crippen LogP contribution >= 0.6 is 0 Å². The average molecular weight is 1520 g/mol. The number of hydrogen-bond acceptors (Lipinski definition) is 5. The number of H-pyrrole nitrogens is 6. The van der Waals surface area contributed by atoms with Gasteiger partial charge in [0.15, 0.2) is 93.1 Å². The monoisotopic (exact) mass is 1520 g/mol. The van der Waals surface area contributed by atoms with E-state index in [0.717, 1.165) is 0 Å². The van der Waals surface area contributed by atoms with E-state index in [1.54, 1.807) is 24.3 Å². The maximum absolute atomic E-state index is 16.1. The van der Waals surface area contributed by atoms with Crippen LogP contribution in [0, 0.1) is 116 Å². The topological polar surface area (TPSA) is 160 Å². The molecule has 0 spiro atoms. The number of nitrogens with one attached hydrogen (secondary N) is 6. The molecular weight excluding hydrogens is 1490 g/mol. The van der Waals surface area contributed by atoms with Gasteiger partial charge in [0.05, 0.1) is 79.8 Å². The maximum atomic E-state index is 16.1. The van der Waals surface area contributed by atoms with Gasteiger partial charge in [-0.1, -0.05) is 35.5 Å². The van der Waals surface area contributed by atoms with Crippen LogP contribution in [0.25, 0.3) is 157 Å². The first kappa shape index (κ1) is 69.4. The lowest BCUT2D eigenvalue weighted by atomic mass is 10.0. The quantitative estimate of drug-likeness (QED) is 0.0431. The Morgan fingerprint density at radius 2 is 0.555 bits per heavy atom. The summed E-state index contributed by atoms with van der Waals surface area (Å²) in [5.41, 5.74) is -8.65. The molecule has 2 aliphatic rings. The minimum Gasteiger partial charge on any atom is -0.487 e. The predicted octanol–water partition coefficient (Wildman–Crippen LogP) is 21.7. The molecule has 15 aromatic rings. The fourth-order valence-electron chi connectivity index (χ4n) is 13.6. The molecule has 9 aromatic heterocycles. The molecule has 6 N–H and O–H groups in total. The van der Waals surface area contributed by atoms with Crippen molar-refractivity contribution in [3.8, 4) is 72.5 Å². The summed E-state index contributed by atoms with van der Waals surface area (Å²) in [7, 11) is 0. The van der Waals surface area contributed by atoms with E-state index in [2.05, 4.69) is 50.2 Å². The molecule has 6 aromatic carbocycles. The summed E-state index contributed by atoms with van der Waals surface area (Å²) in [6.45, 7) is -0.327. The van der Waals surface area contributed by atoms with E-state index >= 15 is 70.2 Å². The highest BCUT2D eigenvalue weighted by Gasteiger charge is 2.35. The van der Waals surface area contributed by atoms with E-state index in [9.17, 15) is 17.6 Å². The van der Waals surface area contributed by atoms with E-state index in [4.69, 9.17) is 4.74 Å². The first-order valence-corrected chi connectivity index (χ1v) is 32.3. The largest absolute Gasteiger partial charge is 0.487 e. The normalized spacial score (nSPS) is 12.2. The van der Waals surface area contributed by atoms with Crippen molar-refractivity contribution < 1.29 is 92.5 Å². The molecule has 0 unspecified atom stereocenters. The molecule has 0 aliphatic carbocycles. The fourth-order valence-corrected chi connectivity index (χ4v) is 13.6. The lowest BCUT2D eigenvalue weighted by Gasteiger charge is -2.10. The van der Waals surface area contributed by atoms with Gasteiger partial charge in [-0.05, 0) is 132 Å². The van der Waals surface area contributed by atoms with Crippen LogP contribution in [0.1, 0.15) is 34.0 Å². The molecule has 11 heterocycles. The molecule has 548 valence electrons. The average Bonchev–Trinajstić information content (AvgIpc) is 1.59. The molecule has 0 saturated heterocycles. The number of fused-ring (bicyclic) bond motifs is 18. The lowest BCUT2D eigenvalue weighted by molar-refractivity contribution is 0.301. The minimum atomic E-state index is -2.45. The second-order valence-electron chi connectivity index (χ2n) is 25.1. The van der Waals surface area contributed by atoms with E-state index in [0.29, 0.717) is 5.56 Å². The molecule has 12 nitrogen and oxygen atoms in total. The third-order valence-corrected chi connectivity index (χ3v) is 18.7. The van der Waals surface area contributed by atoms with Gasteiger partial charge in [-0.2, -0.15) is 0 Å². The zero-order valence-electron chi connectivity index (χ0n) is 54.6. The highest BCUT2D eigenvalue weighted by molar-refractivity contribution is 6.03. The van der Waals surface area contributed by atoms with Crippen LogP contribution in [0.15, 0.2) is 128 Å². The van der Waals surface area contributed by atoms with Crippen molar-refractivity contribution in [1.82, 2.24) is 54.9 Å². The summed E-state index contributed by atoms with van der Waals surface area (Å²) >= 11 is 0. The Bertz CT molecular complexity index is 6740. The predicted molar refractivity (Wildman–Crippen MR) is 366 cm³/mol. The Labute approximate surface area is 599 Å². The first-order chi connectivity index (χ1) is 52.8. The molecule has 0 atom stereocenters. The van der Waals surface area contributed by atoms with Gasteiger partial charge in [0, 0.05) is 77.5 Å².